The van der Waals surface area contributed by atoms with Gasteiger partial charge in [-0.2, -0.15) is 10.0 Å². The monoisotopic (exact) mass is 1090 g/mol. The van der Waals surface area contributed by atoms with E-state index < -0.39 is 30.1 Å². The van der Waals surface area contributed by atoms with Gasteiger partial charge in [-0.25, -0.2) is 24.4 Å². The fourth-order valence-electron chi connectivity index (χ4n) is 10.4. The van der Waals surface area contributed by atoms with E-state index in [-0.39, 0.29) is 11.5 Å². The number of nitrogens with zero attached hydrogens (tertiary/aromatic N) is 7. The maximum atomic E-state index is 14.4. The van der Waals surface area contributed by atoms with Crippen LogP contribution in [0.2, 0.25) is 0 Å². The highest BCUT2D eigenvalue weighted by molar-refractivity contribution is 6.12. The van der Waals surface area contributed by atoms with Gasteiger partial charge in [0, 0.05) is 91.9 Å². The summed E-state index contributed by atoms with van der Waals surface area (Å²) in [6, 6.07) is 52.0. The van der Waals surface area contributed by atoms with Crippen LogP contribution in [0.25, 0.3) is 44.3 Å². The van der Waals surface area contributed by atoms with E-state index in [9.17, 15) is 29.1 Å². The van der Waals surface area contributed by atoms with Crippen LogP contribution in [0.15, 0.2) is 170 Å². The van der Waals surface area contributed by atoms with E-state index in [1.165, 1.54) is 19.1 Å². The third kappa shape index (κ3) is 13.1. The van der Waals surface area contributed by atoms with Crippen molar-refractivity contribution in [2.45, 2.75) is 39.9 Å². The number of carbonyl (C=O) groups is 5. The number of ether oxygens (including phenoxy) is 2. The molecule has 2 saturated heterocycles. The number of carboxylic acid groups (broad SMARTS) is 1. The Kier molecular flexibility index (Phi) is 17.9. The fraction of sp³-hybridized carbons (Fsp3) is 0.254. The molecule has 5 amide bonds. The highest BCUT2D eigenvalue weighted by atomic mass is 16.6. The van der Waals surface area contributed by atoms with Crippen LogP contribution in [-0.4, -0.2) is 126 Å². The number of nitrogens with one attached hydrogen (secondary N) is 3. The molecule has 2 aliphatic heterocycles. The Morgan fingerprint density at radius 2 is 0.951 bits per heavy atom. The Hall–Kier alpha value is -9.23. The minimum atomic E-state index is -0.939. The number of benzene rings is 6. The first-order chi connectivity index (χ1) is 39.2. The van der Waals surface area contributed by atoms with Crippen LogP contribution >= 0.6 is 0 Å². The van der Waals surface area contributed by atoms with Crippen LogP contribution in [0, 0.1) is 5.41 Å². The molecule has 81 heavy (non-hydrogen) atoms. The first-order valence-electron chi connectivity index (χ1n) is 26.8. The van der Waals surface area contributed by atoms with Crippen LogP contribution in [0.5, 0.6) is 0 Å². The van der Waals surface area contributed by atoms with Crippen molar-refractivity contribution >= 4 is 63.3 Å². The van der Waals surface area contributed by atoms with Gasteiger partial charge in [-0.3, -0.25) is 30.2 Å². The number of hydrogen-bond acceptors (Lipinski definition) is 12. The lowest BCUT2D eigenvalue weighted by Crippen LogP contribution is -2.59. The minimum Gasteiger partial charge on any atom is -0.465 e. The van der Waals surface area contributed by atoms with E-state index >= 15 is 0 Å². The second-order valence-electron chi connectivity index (χ2n) is 20.7. The number of rotatable bonds is 10. The van der Waals surface area contributed by atoms with Gasteiger partial charge in [-0.15, -0.1) is 0 Å². The maximum absolute atomic E-state index is 14.4. The first kappa shape index (κ1) is 56.5. The van der Waals surface area contributed by atoms with Crippen LogP contribution < -0.4 is 26.2 Å². The number of anilines is 2. The molecule has 0 aliphatic carbocycles. The van der Waals surface area contributed by atoms with Crippen LogP contribution in [-0.2, 0) is 22.6 Å². The molecular weight excluding hydrogens is 1020 g/mol. The third-order valence-corrected chi connectivity index (χ3v) is 14.4. The largest absolute Gasteiger partial charge is 0.465 e. The molecule has 1 atom stereocenters. The van der Waals surface area contributed by atoms with Crippen LogP contribution in [0.3, 0.4) is 0 Å². The zero-order chi connectivity index (χ0) is 57.0. The average Bonchev–Trinajstić information content (AvgIpc) is 3.68. The number of hydrogen-bond donors (Lipinski definition) is 4. The summed E-state index contributed by atoms with van der Waals surface area (Å²) >= 11 is 0. The molecule has 4 N–H and O–H groups in total. The van der Waals surface area contributed by atoms with E-state index in [1.54, 1.807) is 48.5 Å². The van der Waals surface area contributed by atoms with E-state index in [2.05, 4.69) is 26.0 Å². The van der Waals surface area contributed by atoms with Crippen molar-refractivity contribution in [3.8, 4) is 22.5 Å². The number of amides is 5. The summed E-state index contributed by atoms with van der Waals surface area (Å²) in [6.07, 6.45) is -2.37. The van der Waals surface area contributed by atoms with Gasteiger partial charge < -0.3 is 24.8 Å². The van der Waals surface area contributed by atoms with E-state index in [1.807, 2.05) is 142 Å². The zero-order valence-corrected chi connectivity index (χ0v) is 46.0. The Bertz CT molecular complexity index is 3510. The lowest BCUT2D eigenvalue weighted by molar-refractivity contribution is 0.0190. The summed E-state index contributed by atoms with van der Waals surface area (Å²) in [6.45, 7) is 11.8. The van der Waals surface area contributed by atoms with Crippen molar-refractivity contribution in [1.29, 1.82) is 0 Å². The van der Waals surface area contributed by atoms with Crippen molar-refractivity contribution < 1.29 is 38.6 Å². The number of carbonyl (C=O) groups excluding carboxylic acids is 4. The Morgan fingerprint density at radius 3 is 1.36 bits per heavy atom. The number of pyridine rings is 2. The molecule has 2 aromatic heterocycles. The number of hydrazine groups is 2. The SMILES string of the molecule is COC(=O)N(NC(=O)c1c(CN2CCN(C(=O)O)C(C(C)(C)C)C2)c(-c2ccccc2)nc2ccccc12)c1ccccc1.COC(=O)N(NC(=O)c1c(CN2CCNCC2)c(-c2ccccc2)nc2ccccc12)c1ccccc1. The molecule has 0 bridgehead atoms. The van der Waals surface area contributed by atoms with Crippen molar-refractivity contribution in [1.82, 2.24) is 40.8 Å². The molecule has 18 heteroatoms. The molecule has 1 unspecified atom stereocenters. The highest BCUT2D eigenvalue weighted by Gasteiger charge is 2.39. The highest BCUT2D eigenvalue weighted by Crippen LogP contribution is 2.36. The predicted molar refractivity (Wildman–Crippen MR) is 313 cm³/mol. The summed E-state index contributed by atoms with van der Waals surface area (Å²) in [4.78, 5) is 82.2. The van der Waals surface area contributed by atoms with Crippen molar-refractivity contribution in [2.24, 2.45) is 5.41 Å². The predicted octanol–water partition coefficient (Wildman–Crippen LogP) is 10.3. The second kappa shape index (κ2) is 25.7. The van der Waals surface area contributed by atoms with Gasteiger partial charge in [-0.1, -0.05) is 154 Å². The average molecular weight is 1090 g/mol. The summed E-state index contributed by atoms with van der Waals surface area (Å²) in [5, 5.41) is 16.9. The maximum Gasteiger partial charge on any atom is 0.433 e. The normalized spacial score (nSPS) is 14.7. The quantitative estimate of drug-likeness (QED) is 0.0944. The molecule has 18 nitrogen and oxygen atoms in total. The number of piperazine rings is 2. The number of methoxy groups -OCH3 is 2. The Labute approximate surface area is 470 Å². The van der Waals surface area contributed by atoms with Gasteiger partial charge in [0.05, 0.1) is 65.2 Å². The van der Waals surface area contributed by atoms with Gasteiger partial charge in [0.1, 0.15) is 0 Å². The van der Waals surface area contributed by atoms with E-state index in [0.717, 1.165) is 64.0 Å². The Morgan fingerprint density at radius 1 is 0.556 bits per heavy atom. The number of aromatic nitrogens is 2. The topological polar surface area (TPSA) is 202 Å². The summed E-state index contributed by atoms with van der Waals surface area (Å²) in [7, 11) is 2.54. The molecule has 2 aliphatic rings. The van der Waals surface area contributed by atoms with Crippen LogP contribution in [0.4, 0.5) is 25.8 Å². The molecule has 8 aromatic rings. The standard InChI is InChI=1S/C34H37N5O5.C29H29N5O3/c1-34(2,3)28-22-37(19-20-38(28)32(41)42)21-26-29(31(40)36-39(33(43)44-4)24-15-9-6-10-16-24)25-17-11-12-18-27(25)35-30(26)23-13-7-5-8-14-23;1-37-29(36)34(22-12-6-3-7-13-22)32-28(35)26-23-14-8-9-15-25(23)31-27(21-10-4-2-5-11-21)24(26)20-33-18-16-30-17-19-33/h5-18,28H,19-22H2,1-4H3,(H,36,40)(H,41,42);2-15,30H,16-20H2,1H3,(H,32,35). The van der Waals surface area contributed by atoms with Gasteiger partial charge in [0.25, 0.3) is 11.8 Å². The molecular formula is C63H66N10O8. The molecule has 416 valence electrons. The lowest BCUT2D eigenvalue weighted by Gasteiger charge is -2.46. The molecule has 0 saturated carbocycles. The number of fused-ring (bicyclic) bond motifs is 2. The molecule has 4 heterocycles. The smallest absolute Gasteiger partial charge is 0.433 e. The van der Waals surface area contributed by atoms with E-state index in [4.69, 9.17) is 19.4 Å². The summed E-state index contributed by atoms with van der Waals surface area (Å²) in [5.41, 5.74) is 13.1. The molecule has 0 spiro atoms. The fourth-order valence-corrected chi connectivity index (χ4v) is 10.4. The molecule has 6 aromatic carbocycles. The van der Waals surface area contributed by atoms with Gasteiger partial charge in [0.2, 0.25) is 0 Å². The van der Waals surface area contributed by atoms with Gasteiger partial charge >= 0.3 is 18.3 Å². The summed E-state index contributed by atoms with van der Waals surface area (Å²) in [5.74, 6) is -0.906. The van der Waals surface area contributed by atoms with Crippen molar-refractivity contribution in [2.75, 3.05) is 70.1 Å². The third-order valence-electron chi connectivity index (χ3n) is 14.4. The van der Waals surface area contributed by atoms with Crippen molar-refractivity contribution in [3.05, 3.63) is 192 Å². The first-order valence-corrected chi connectivity index (χ1v) is 26.8. The lowest BCUT2D eigenvalue weighted by atomic mass is 9.84. The second-order valence-corrected chi connectivity index (χ2v) is 20.7. The molecule has 2 fully saturated rings. The minimum absolute atomic E-state index is 0.257. The Balaban J connectivity index is 0.000000198. The van der Waals surface area contributed by atoms with E-state index in [0.29, 0.717) is 82.9 Å². The zero-order valence-electron chi connectivity index (χ0n) is 46.0. The molecule has 10 rings (SSSR count). The van der Waals surface area contributed by atoms with Crippen molar-refractivity contribution in [3.63, 3.8) is 0 Å². The number of para-hydroxylation sites is 4. The molecule has 0 radical (unpaired) electrons. The van der Waals surface area contributed by atoms with Gasteiger partial charge in [-0.05, 0) is 41.8 Å². The summed E-state index contributed by atoms with van der Waals surface area (Å²) < 4.78 is 9.99. The van der Waals surface area contributed by atoms with Gasteiger partial charge in [0.15, 0.2) is 0 Å². The van der Waals surface area contributed by atoms with Crippen LogP contribution in [0.1, 0.15) is 52.6 Å².